The highest BCUT2D eigenvalue weighted by Gasteiger charge is 2.12. The Morgan fingerprint density at radius 3 is 2.72 bits per heavy atom. The number of nitrogens with zero attached hydrogens (tertiary/aromatic N) is 3. The van der Waals surface area contributed by atoms with Crippen molar-refractivity contribution in [2.45, 2.75) is 27.3 Å². The topological polar surface area (TPSA) is 39.8 Å². The van der Waals surface area contributed by atoms with Gasteiger partial charge in [0.2, 0.25) is 0 Å². The van der Waals surface area contributed by atoms with Gasteiger partial charge in [-0.25, -0.2) is 0 Å². The summed E-state index contributed by atoms with van der Waals surface area (Å²) >= 11 is 0. The fourth-order valence-electron chi connectivity index (χ4n) is 2.02. The van der Waals surface area contributed by atoms with Crippen molar-refractivity contribution in [3.8, 4) is 0 Å². The molecule has 0 aromatic carbocycles. The molecular formula is C14H19N3O. The first-order valence-corrected chi connectivity index (χ1v) is 6.17. The molecule has 0 N–H and O–H groups in total. The Morgan fingerprint density at radius 1 is 1.44 bits per heavy atom. The minimum absolute atomic E-state index is 0.0415. The Bertz CT molecular complexity index is 563. The van der Waals surface area contributed by atoms with Crippen molar-refractivity contribution >= 4 is 5.78 Å². The molecule has 18 heavy (non-hydrogen) atoms. The van der Waals surface area contributed by atoms with Gasteiger partial charge in [-0.1, -0.05) is 13.8 Å². The van der Waals surface area contributed by atoms with Crippen molar-refractivity contribution in [2.75, 3.05) is 0 Å². The molecule has 4 nitrogen and oxygen atoms in total. The molecule has 0 aliphatic rings. The van der Waals surface area contributed by atoms with Crippen LogP contribution in [-0.2, 0) is 13.6 Å². The Morgan fingerprint density at radius 2 is 2.17 bits per heavy atom. The van der Waals surface area contributed by atoms with Crippen LogP contribution >= 0.6 is 0 Å². The van der Waals surface area contributed by atoms with Crippen LogP contribution in [0.2, 0.25) is 0 Å². The van der Waals surface area contributed by atoms with Crippen molar-refractivity contribution in [1.82, 2.24) is 14.3 Å². The van der Waals surface area contributed by atoms with E-state index in [9.17, 15) is 4.79 Å². The number of Topliss-reactive ketones (excluding diaryl/α,β-unsaturated/α-hetero) is 1. The van der Waals surface area contributed by atoms with E-state index in [1.807, 2.05) is 55.5 Å². The fraction of sp³-hybridized carbons (Fsp3) is 0.429. The number of carbonyl (C=O) groups excluding carboxylic acids is 1. The Hall–Kier alpha value is -1.84. The van der Waals surface area contributed by atoms with Crippen molar-refractivity contribution in [3.63, 3.8) is 0 Å². The van der Waals surface area contributed by atoms with Crippen molar-refractivity contribution in [3.05, 3.63) is 41.5 Å². The van der Waals surface area contributed by atoms with Crippen molar-refractivity contribution in [1.29, 1.82) is 0 Å². The number of aromatic nitrogens is 3. The van der Waals surface area contributed by atoms with Crippen LogP contribution in [0.25, 0.3) is 0 Å². The molecule has 0 fully saturated rings. The SMILES string of the molecule is Cc1cc(Cn2ccc(C(=O)C(C)C)c2)n(C)n1. The third-order valence-electron chi connectivity index (χ3n) is 3.00. The van der Waals surface area contributed by atoms with Gasteiger partial charge in [0.1, 0.15) is 0 Å². The zero-order valence-corrected chi connectivity index (χ0v) is 11.3. The normalized spacial score (nSPS) is 11.2. The Labute approximate surface area is 107 Å². The molecule has 0 bridgehead atoms. The van der Waals surface area contributed by atoms with Gasteiger partial charge >= 0.3 is 0 Å². The molecule has 0 spiro atoms. The third kappa shape index (κ3) is 2.53. The molecule has 0 amide bonds. The van der Waals surface area contributed by atoms with E-state index >= 15 is 0 Å². The van der Waals surface area contributed by atoms with E-state index in [1.165, 1.54) is 0 Å². The number of rotatable bonds is 4. The first-order valence-electron chi connectivity index (χ1n) is 6.17. The smallest absolute Gasteiger partial charge is 0.166 e. The van der Waals surface area contributed by atoms with E-state index < -0.39 is 0 Å². The first kappa shape index (κ1) is 12.6. The molecule has 2 aromatic rings. The van der Waals surface area contributed by atoms with Gasteiger partial charge < -0.3 is 4.57 Å². The number of hydrogen-bond acceptors (Lipinski definition) is 2. The van der Waals surface area contributed by atoms with E-state index in [2.05, 4.69) is 11.2 Å². The van der Waals surface area contributed by atoms with E-state index in [0.717, 1.165) is 23.5 Å². The molecule has 0 radical (unpaired) electrons. The predicted molar refractivity (Wildman–Crippen MR) is 70.6 cm³/mol. The molecule has 2 aromatic heterocycles. The molecule has 0 unspecified atom stereocenters. The van der Waals surface area contributed by atoms with Gasteiger partial charge in [-0.2, -0.15) is 5.10 Å². The lowest BCUT2D eigenvalue weighted by Crippen LogP contribution is -2.07. The number of aryl methyl sites for hydroxylation is 2. The van der Waals surface area contributed by atoms with Crippen molar-refractivity contribution < 1.29 is 4.79 Å². The van der Waals surface area contributed by atoms with E-state index in [1.54, 1.807) is 0 Å². The quantitative estimate of drug-likeness (QED) is 0.776. The summed E-state index contributed by atoms with van der Waals surface area (Å²) in [5.41, 5.74) is 2.92. The van der Waals surface area contributed by atoms with Gasteiger partial charge in [-0.05, 0) is 19.1 Å². The lowest BCUT2D eigenvalue weighted by atomic mass is 10.0. The zero-order chi connectivity index (χ0) is 13.3. The predicted octanol–water partition coefficient (Wildman–Crippen LogP) is 2.42. The average Bonchev–Trinajstić information content (AvgIpc) is 2.86. The zero-order valence-electron chi connectivity index (χ0n) is 11.3. The Kier molecular flexibility index (Phi) is 3.36. The summed E-state index contributed by atoms with van der Waals surface area (Å²) in [5.74, 6) is 0.231. The largest absolute Gasteiger partial charge is 0.348 e. The monoisotopic (exact) mass is 245 g/mol. The minimum Gasteiger partial charge on any atom is -0.348 e. The lowest BCUT2D eigenvalue weighted by Gasteiger charge is -2.03. The Balaban J connectivity index is 2.16. The van der Waals surface area contributed by atoms with Crippen LogP contribution in [0.1, 0.15) is 35.6 Å². The molecular weight excluding hydrogens is 226 g/mol. The van der Waals surface area contributed by atoms with E-state index in [-0.39, 0.29) is 11.7 Å². The summed E-state index contributed by atoms with van der Waals surface area (Å²) in [6, 6.07) is 3.94. The summed E-state index contributed by atoms with van der Waals surface area (Å²) in [7, 11) is 1.94. The van der Waals surface area contributed by atoms with Crippen molar-refractivity contribution in [2.24, 2.45) is 13.0 Å². The van der Waals surface area contributed by atoms with E-state index in [0.29, 0.717) is 0 Å². The molecule has 0 saturated heterocycles. The lowest BCUT2D eigenvalue weighted by molar-refractivity contribution is 0.0939. The van der Waals surface area contributed by atoms with Crippen LogP contribution in [0.4, 0.5) is 0 Å². The number of hydrogen-bond donors (Lipinski definition) is 0. The molecule has 96 valence electrons. The third-order valence-corrected chi connectivity index (χ3v) is 3.00. The second kappa shape index (κ2) is 4.80. The highest BCUT2D eigenvalue weighted by Crippen LogP contribution is 2.11. The van der Waals surface area contributed by atoms with Gasteiger partial charge in [0.25, 0.3) is 0 Å². The highest BCUT2D eigenvalue weighted by molar-refractivity contribution is 5.97. The van der Waals surface area contributed by atoms with Crippen LogP contribution in [0.3, 0.4) is 0 Å². The summed E-state index contributed by atoms with van der Waals surface area (Å²) in [6.07, 6.45) is 3.85. The van der Waals surface area contributed by atoms with Gasteiger partial charge in [0, 0.05) is 30.9 Å². The number of carbonyl (C=O) groups is 1. The molecule has 2 heterocycles. The van der Waals surface area contributed by atoms with E-state index in [4.69, 9.17) is 0 Å². The first-order chi connectivity index (χ1) is 8.47. The van der Waals surface area contributed by atoms with Crippen LogP contribution in [-0.4, -0.2) is 20.1 Å². The van der Waals surface area contributed by atoms with Gasteiger partial charge in [0.15, 0.2) is 5.78 Å². The molecule has 2 rings (SSSR count). The van der Waals surface area contributed by atoms with Crippen LogP contribution < -0.4 is 0 Å². The fourth-order valence-corrected chi connectivity index (χ4v) is 2.02. The average molecular weight is 245 g/mol. The van der Waals surface area contributed by atoms with Crippen LogP contribution in [0, 0.1) is 12.8 Å². The minimum atomic E-state index is 0.0415. The standard InChI is InChI=1S/C14H19N3O/c1-10(2)14(18)12-5-6-17(8-12)9-13-7-11(3)15-16(13)4/h5-8,10H,9H2,1-4H3. The maximum atomic E-state index is 11.9. The molecule has 0 aliphatic heterocycles. The maximum absolute atomic E-state index is 11.9. The van der Waals surface area contributed by atoms with Crippen LogP contribution in [0.15, 0.2) is 24.5 Å². The molecule has 0 aliphatic carbocycles. The summed E-state index contributed by atoms with van der Waals surface area (Å²) in [5, 5.41) is 4.31. The highest BCUT2D eigenvalue weighted by atomic mass is 16.1. The van der Waals surface area contributed by atoms with Gasteiger partial charge in [-0.15, -0.1) is 0 Å². The molecule has 0 atom stereocenters. The van der Waals surface area contributed by atoms with Gasteiger partial charge in [-0.3, -0.25) is 9.48 Å². The summed E-state index contributed by atoms with van der Waals surface area (Å²) in [6.45, 7) is 6.56. The molecule has 0 saturated carbocycles. The molecule has 4 heteroatoms. The second-order valence-electron chi connectivity index (χ2n) is 4.99. The van der Waals surface area contributed by atoms with Crippen LogP contribution in [0.5, 0.6) is 0 Å². The van der Waals surface area contributed by atoms with Gasteiger partial charge in [0.05, 0.1) is 17.9 Å². The summed E-state index contributed by atoms with van der Waals surface area (Å²) < 4.78 is 3.89. The second-order valence-corrected chi connectivity index (χ2v) is 4.99. The number of ketones is 1. The maximum Gasteiger partial charge on any atom is 0.166 e. The summed E-state index contributed by atoms with van der Waals surface area (Å²) in [4.78, 5) is 11.9.